The number of phenolic OH excluding ortho intramolecular Hbond substituents is 2. The van der Waals surface area contributed by atoms with Crippen LogP contribution in [0.2, 0.25) is 0 Å². The average Bonchev–Trinajstić information content (AvgIpc) is 2.26. The molecule has 1 aromatic carbocycles. The molecule has 0 aliphatic carbocycles. The summed E-state index contributed by atoms with van der Waals surface area (Å²) in [6, 6.07) is 3.88. The fourth-order valence-electron chi connectivity index (χ4n) is 1.51. The molecule has 5 nitrogen and oxygen atoms in total. The third-order valence-corrected chi connectivity index (χ3v) is 2.44. The highest BCUT2D eigenvalue weighted by Crippen LogP contribution is 2.22. The van der Waals surface area contributed by atoms with Gasteiger partial charge in [0.05, 0.1) is 5.56 Å². The van der Waals surface area contributed by atoms with E-state index in [0.717, 1.165) is 18.9 Å². The van der Waals surface area contributed by atoms with E-state index in [1.54, 1.807) is 0 Å². The van der Waals surface area contributed by atoms with Crippen molar-refractivity contribution in [2.24, 2.45) is 5.73 Å². The molecule has 1 rings (SSSR count). The van der Waals surface area contributed by atoms with Crippen LogP contribution in [-0.4, -0.2) is 28.7 Å². The van der Waals surface area contributed by atoms with E-state index in [9.17, 15) is 9.90 Å². The zero-order valence-corrected chi connectivity index (χ0v) is 9.81. The molecular formula is C12H18N2O3. The predicted molar refractivity (Wildman–Crippen MR) is 65.0 cm³/mol. The number of nitrogens with two attached hydrogens (primary N) is 1. The molecule has 0 fully saturated rings. The molecule has 0 aliphatic heterocycles. The summed E-state index contributed by atoms with van der Waals surface area (Å²) in [7, 11) is 0. The summed E-state index contributed by atoms with van der Waals surface area (Å²) in [6.07, 6.45) is 1.63. The Labute approximate surface area is 100 Å². The van der Waals surface area contributed by atoms with Crippen molar-refractivity contribution in [3.8, 4) is 11.5 Å². The second-order valence-electron chi connectivity index (χ2n) is 4.01. The number of carbonyl (C=O) groups is 1. The van der Waals surface area contributed by atoms with Gasteiger partial charge in [0.25, 0.3) is 5.91 Å². The van der Waals surface area contributed by atoms with Crippen LogP contribution in [0.25, 0.3) is 0 Å². The third kappa shape index (κ3) is 3.96. The number of rotatable bonds is 5. The normalized spacial score (nSPS) is 12.1. The molecule has 1 amide bonds. The Kier molecular flexibility index (Phi) is 4.78. The van der Waals surface area contributed by atoms with Gasteiger partial charge in [0, 0.05) is 12.1 Å². The number of amides is 1. The number of aromatic hydroxyl groups is 2. The molecule has 0 bridgehead atoms. The summed E-state index contributed by atoms with van der Waals surface area (Å²) in [5, 5.41) is 21.4. The lowest BCUT2D eigenvalue weighted by molar-refractivity contribution is 0.0935. The number of benzene rings is 1. The molecule has 94 valence electrons. The highest BCUT2D eigenvalue weighted by Gasteiger charge is 2.13. The summed E-state index contributed by atoms with van der Waals surface area (Å²) >= 11 is 0. The Morgan fingerprint density at radius 2 is 2.18 bits per heavy atom. The molecule has 0 spiro atoms. The summed E-state index contributed by atoms with van der Waals surface area (Å²) in [5.74, 6) is -0.657. The summed E-state index contributed by atoms with van der Waals surface area (Å²) in [5.41, 5.74) is 5.53. The van der Waals surface area contributed by atoms with Gasteiger partial charge in [0.15, 0.2) is 0 Å². The molecule has 0 aliphatic rings. The van der Waals surface area contributed by atoms with E-state index in [4.69, 9.17) is 10.8 Å². The first-order valence-corrected chi connectivity index (χ1v) is 5.57. The quantitative estimate of drug-likeness (QED) is 0.614. The fraction of sp³-hybridized carbons (Fsp3) is 0.417. The van der Waals surface area contributed by atoms with Crippen LogP contribution in [0, 0.1) is 0 Å². The molecule has 5 heteroatoms. The number of carbonyl (C=O) groups excluding carboxylic acids is 1. The topological polar surface area (TPSA) is 95.6 Å². The van der Waals surface area contributed by atoms with E-state index >= 15 is 0 Å². The molecule has 0 radical (unpaired) electrons. The molecular weight excluding hydrogens is 220 g/mol. The van der Waals surface area contributed by atoms with Gasteiger partial charge in [0.1, 0.15) is 11.5 Å². The van der Waals surface area contributed by atoms with Gasteiger partial charge in [-0.2, -0.15) is 0 Å². The number of hydrogen-bond donors (Lipinski definition) is 4. The van der Waals surface area contributed by atoms with Crippen molar-refractivity contribution in [2.75, 3.05) is 6.54 Å². The molecule has 17 heavy (non-hydrogen) atoms. The number of hydrogen-bond acceptors (Lipinski definition) is 4. The minimum Gasteiger partial charge on any atom is -0.508 e. The Morgan fingerprint density at radius 1 is 1.47 bits per heavy atom. The first-order chi connectivity index (χ1) is 8.04. The monoisotopic (exact) mass is 238 g/mol. The van der Waals surface area contributed by atoms with Gasteiger partial charge in [-0.25, -0.2) is 0 Å². The van der Waals surface area contributed by atoms with Crippen LogP contribution >= 0.6 is 0 Å². The lowest BCUT2D eigenvalue weighted by atomic mass is 10.1. The van der Waals surface area contributed by atoms with E-state index in [1.165, 1.54) is 12.1 Å². The zero-order valence-electron chi connectivity index (χ0n) is 9.81. The second kappa shape index (κ2) is 6.10. The van der Waals surface area contributed by atoms with Crippen molar-refractivity contribution in [2.45, 2.75) is 25.8 Å². The molecule has 1 unspecified atom stereocenters. The minimum absolute atomic E-state index is 0.000692. The maximum atomic E-state index is 11.8. The standard InChI is InChI=1S/C12H18N2O3/c1-8(3-2-6-13)14-12(17)10-5-4-9(15)7-11(10)16/h4-5,7-8,15-16H,2-3,6,13H2,1H3,(H,14,17). The highest BCUT2D eigenvalue weighted by molar-refractivity contribution is 5.97. The van der Waals surface area contributed by atoms with Crippen LogP contribution in [0.5, 0.6) is 11.5 Å². The fourth-order valence-corrected chi connectivity index (χ4v) is 1.51. The van der Waals surface area contributed by atoms with Crippen LogP contribution < -0.4 is 11.1 Å². The third-order valence-electron chi connectivity index (χ3n) is 2.44. The minimum atomic E-state index is -0.355. The van der Waals surface area contributed by atoms with Gasteiger partial charge in [-0.15, -0.1) is 0 Å². The predicted octanol–water partition coefficient (Wildman–Crippen LogP) is 0.955. The van der Waals surface area contributed by atoms with Crippen molar-refractivity contribution in [1.82, 2.24) is 5.32 Å². The average molecular weight is 238 g/mol. The first kappa shape index (κ1) is 13.3. The first-order valence-electron chi connectivity index (χ1n) is 5.57. The zero-order chi connectivity index (χ0) is 12.8. The van der Waals surface area contributed by atoms with Gasteiger partial charge in [-0.1, -0.05) is 0 Å². The van der Waals surface area contributed by atoms with Crippen LogP contribution in [0.4, 0.5) is 0 Å². The van der Waals surface area contributed by atoms with Gasteiger partial charge in [-0.05, 0) is 38.4 Å². The van der Waals surface area contributed by atoms with Crippen molar-refractivity contribution in [3.05, 3.63) is 23.8 Å². The van der Waals surface area contributed by atoms with Crippen molar-refractivity contribution >= 4 is 5.91 Å². The summed E-state index contributed by atoms with van der Waals surface area (Å²) < 4.78 is 0. The van der Waals surface area contributed by atoms with E-state index < -0.39 is 0 Å². The maximum absolute atomic E-state index is 11.8. The second-order valence-corrected chi connectivity index (χ2v) is 4.01. The molecule has 0 aromatic heterocycles. The molecule has 0 saturated carbocycles. The smallest absolute Gasteiger partial charge is 0.255 e. The van der Waals surface area contributed by atoms with Crippen LogP contribution in [0.15, 0.2) is 18.2 Å². The molecule has 1 atom stereocenters. The number of phenols is 2. The van der Waals surface area contributed by atoms with Crippen molar-refractivity contribution in [3.63, 3.8) is 0 Å². The summed E-state index contributed by atoms with van der Waals surface area (Å²) in [6.45, 7) is 2.47. The van der Waals surface area contributed by atoms with Crippen LogP contribution in [-0.2, 0) is 0 Å². The van der Waals surface area contributed by atoms with Crippen molar-refractivity contribution < 1.29 is 15.0 Å². The maximum Gasteiger partial charge on any atom is 0.255 e. The Balaban J connectivity index is 2.63. The number of nitrogens with one attached hydrogen (secondary N) is 1. The SMILES string of the molecule is CC(CCCN)NC(=O)c1ccc(O)cc1O. The van der Waals surface area contributed by atoms with Gasteiger partial charge in [0.2, 0.25) is 0 Å². The van der Waals surface area contributed by atoms with Gasteiger partial charge in [-0.3, -0.25) is 4.79 Å². The van der Waals surface area contributed by atoms with E-state index in [2.05, 4.69) is 5.32 Å². The highest BCUT2D eigenvalue weighted by atomic mass is 16.3. The lowest BCUT2D eigenvalue weighted by Gasteiger charge is -2.13. The molecule has 0 saturated heterocycles. The Morgan fingerprint density at radius 3 is 2.76 bits per heavy atom. The lowest BCUT2D eigenvalue weighted by Crippen LogP contribution is -2.32. The Bertz CT molecular complexity index is 393. The molecule has 0 heterocycles. The van der Waals surface area contributed by atoms with Crippen molar-refractivity contribution in [1.29, 1.82) is 0 Å². The van der Waals surface area contributed by atoms with Gasteiger partial charge < -0.3 is 21.3 Å². The largest absolute Gasteiger partial charge is 0.508 e. The van der Waals surface area contributed by atoms with Crippen LogP contribution in [0.1, 0.15) is 30.1 Å². The Hall–Kier alpha value is -1.75. The van der Waals surface area contributed by atoms with Crippen LogP contribution in [0.3, 0.4) is 0 Å². The van der Waals surface area contributed by atoms with E-state index in [-0.39, 0.29) is 29.0 Å². The van der Waals surface area contributed by atoms with E-state index in [0.29, 0.717) is 6.54 Å². The molecule has 5 N–H and O–H groups in total. The summed E-state index contributed by atoms with van der Waals surface area (Å²) in [4.78, 5) is 11.8. The van der Waals surface area contributed by atoms with Gasteiger partial charge >= 0.3 is 0 Å². The van der Waals surface area contributed by atoms with E-state index in [1.807, 2.05) is 6.92 Å². The molecule has 1 aromatic rings.